The molecule has 0 heterocycles. The van der Waals surface area contributed by atoms with Crippen LogP contribution in [0, 0.1) is 25.5 Å². The minimum atomic E-state index is -0.746. The molecule has 0 radical (unpaired) electrons. The third kappa shape index (κ3) is 2.96. The predicted molar refractivity (Wildman–Crippen MR) is 70.2 cm³/mol. The average molecular weight is 261 g/mol. The summed E-state index contributed by atoms with van der Waals surface area (Å²) in [5.41, 5.74) is 2.12. The van der Waals surface area contributed by atoms with E-state index in [0.717, 1.165) is 29.3 Å². The molecule has 2 aromatic rings. The van der Waals surface area contributed by atoms with E-state index in [1.807, 2.05) is 26.0 Å². The lowest BCUT2D eigenvalue weighted by molar-refractivity contribution is 0.102. The van der Waals surface area contributed by atoms with E-state index in [4.69, 9.17) is 0 Å². The van der Waals surface area contributed by atoms with Crippen molar-refractivity contribution in [3.05, 3.63) is 64.7 Å². The molecule has 0 unspecified atom stereocenters. The summed E-state index contributed by atoms with van der Waals surface area (Å²) >= 11 is 0. The first-order valence-corrected chi connectivity index (χ1v) is 5.81. The number of aryl methyl sites for hydroxylation is 2. The molecule has 2 aromatic carbocycles. The van der Waals surface area contributed by atoms with Crippen molar-refractivity contribution in [2.24, 2.45) is 0 Å². The monoisotopic (exact) mass is 261 g/mol. The molecule has 2 nitrogen and oxygen atoms in total. The number of benzene rings is 2. The van der Waals surface area contributed by atoms with Gasteiger partial charge in [0.15, 0.2) is 0 Å². The summed E-state index contributed by atoms with van der Waals surface area (Å²) in [7, 11) is 0. The van der Waals surface area contributed by atoms with E-state index in [9.17, 15) is 13.6 Å². The molecule has 1 N–H and O–H groups in total. The number of carbonyl (C=O) groups excluding carboxylic acids is 1. The van der Waals surface area contributed by atoms with Crippen molar-refractivity contribution in [3.63, 3.8) is 0 Å². The first-order valence-electron chi connectivity index (χ1n) is 5.81. The van der Waals surface area contributed by atoms with E-state index in [1.165, 1.54) is 0 Å². The zero-order chi connectivity index (χ0) is 14.0. The fourth-order valence-electron chi connectivity index (χ4n) is 1.73. The normalized spacial score (nSPS) is 10.3. The Labute approximate surface area is 110 Å². The average Bonchev–Trinajstić information content (AvgIpc) is 2.36. The second kappa shape index (κ2) is 5.18. The molecule has 0 saturated heterocycles. The van der Waals surface area contributed by atoms with Gasteiger partial charge in [-0.2, -0.15) is 0 Å². The van der Waals surface area contributed by atoms with E-state index in [-0.39, 0.29) is 5.56 Å². The van der Waals surface area contributed by atoms with Crippen molar-refractivity contribution in [2.75, 3.05) is 5.32 Å². The van der Waals surface area contributed by atoms with Crippen molar-refractivity contribution in [1.82, 2.24) is 0 Å². The van der Waals surface area contributed by atoms with Crippen LogP contribution < -0.4 is 5.32 Å². The molecule has 0 atom stereocenters. The van der Waals surface area contributed by atoms with Crippen LogP contribution in [0.4, 0.5) is 14.5 Å². The Hall–Kier alpha value is -2.23. The molecular weight excluding hydrogens is 248 g/mol. The van der Waals surface area contributed by atoms with Gasteiger partial charge in [0.05, 0.1) is 5.56 Å². The van der Waals surface area contributed by atoms with Crippen molar-refractivity contribution < 1.29 is 13.6 Å². The van der Waals surface area contributed by atoms with Gasteiger partial charge in [-0.05, 0) is 49.2 Å². The molecule has 19 heavy (non-hydrogen) atoms. The number of anilines is 1. The first kappa shape index (κ1) is 13.2. The highest BCUT2D eigenvalue weighted by molar-refractivity contribution is 6.04. The largest absolute Gasteiger partial charge is 0.322 e. The molecule has 2 rings (SSSR count). The molecule has 0 fully saturated rings. The Bertz CT molecular complexity index is 638. The van der Waals surface area contributed by atoms with E-state index in [0.29, 0.717) is 5.69 Å². The number of nitrogens with one attached hydrogen (secondary N) is 1. The Morgan fingerprint density at radius 2 is 1.79 bits per heavy atom. The van der Waals surface area contributed by atoms with Crippen molar-refractivity contribution in [2.45, 2.75) is 13.8 Å². The van der Waals surface area contributed by atoms with Gasteiger partial charge in [0, 0.05) is 5.69 Å². The zero-order valence-corrected chi connectivity index (χ0v) is 10.6. The highest BCUT2D eigenvalue weighted by atomic mass is 19.1. The van der Waals surface area contributed by atoms with Gasteiger partial charge in [0.2, 0.25) is 0 Å². The van der Waals surface area contributed by atoms with E-state index in [2.05, 4.69) is 5.32 Å². The van der Waals surface area contributed by atoms with Crippen LogP contribution in [0.15, 0.2) is 36.4 Å². The van der Waals surface area contributed by atoms with Gasteiger partial charge in [0.25, 0.3) is 5.91 Å². The van der Waals surface area contributed by atoms with Crippen molar-refractivity contribution in [1.29, 1.82) is 0 Å². The molecule has 0 saturated carbocycles. The summed E-state index contributed by atoms with van der Waals surface area (Å²) in [6.07, 6.45) is 0. The molecule has 1 amide bonds. The second-order valence-corrected chi connectivity index (χ2v) is 4.40. The third-order valence-corrected chi connectivity index (χ3v) is 2.81. The first-order chi connectivity index (χ1) is 8.97. The summed E-state index contributed by atoms with van der Waals surface area (Å²) in [6, 6.07) is 8.35. The number of hydrogen-bond donors (Lipinski definition) is 1. The Morgan fingerprint density at radius 1 is 1.05 bits per heavy atom. The molecule has 0 spiro atoms. The van der Waals surface area contributed by atoms with Gasteiger partial charge in [-0.25, -0.2) is 8.78 Å². The molecule has 0 aromatic heterocycles. The fraction of sp³-hybridized carbons (Fsp3) is 0.133. The maximum absolute atomic E-state index is 13.5. The Balaban J connectivity index is 2.30. The summed E-state index contributed by atoms with van der Waals surface area (Å²) in [6.45, 7) is 3.72. The number of amides is 1. The number of carbonyl (C=O) groups is 1. The van der Waals surface area contributed by atoms with E-state index < -0.39 is 17.5 Å². The Kier molecular flexibility index (Phi) is 3.60. The highest BCUT2D eigenvalue weighted by Gasteiger charge is 2.13. The quantitative estimate of drug-likeness (QED) is 0.874. The smallest absolute Gasteiger partial charge is 0.258 e. The second-order valence-electron chi connectivity index (χ2n) is 4.40. The lowest BCUT2D eigenvalue weighted by Gasteiger charge is -2.10. The van der Waals surface area contributed by atoms with Crippen LogP contribution in [0.1, 0.15) is 21.5 Å². The molecule has 4 heteroatoms. The van der Waals surface area contributed by atoms with Crippen molar-refractivity contribution in [3.8, 4) is 0 Å². The number of rotatable bonds is 2. The topological polar surface area (TPSA) is 29.1 Å². The molecule has 0 bridgehead atoms. The lowest BCUT2D eigenvalue weighted by atomic mass is 10.1. The summed E-state index contributed by atoms with van der Waals surface area (Å²) in [5, 5.41) is 2.59. The van der Waals surface area contributed by atoms with Gasteiger partial charge in [0.1, 0.15) is 11.6 Å². The molecular formula is C15H13F2NO. The van der Waals surface area contributed by atoms with E-state index in [1.54, 1.807) is 6.07 Å². The minimum Gasteiger partial charge on any atom is -0.322 e. The summed E-state index contributed by atoms with van der Waals surface area (Å²) in [4.78, 5) is 11.9. The van der Waals surface area contributed by atoms with Crippen LogP contribution in [0.25, 0.3) is 0 Å². The summed E-state index contributed by atoms with van der Waals surface area (Å²) in [5.74, 6) is -2.05. The van der Waals surface area contributed by atoms with Crippen LogP contribution in [0.2, 0.25) is 0 Å². The van der Waals surface area contributed by atoms with Gasteiger partial charge in [-0.3, -0.25) is 4.79 Å². The van der Waals surface area contributed by atoms with Gasteiger partial charge < -0.3 is 5.32 Å². The number of halogens is 2. The molecule has 0 aliphatic heterocycles. The van der Waals surface area contributed by atoms with Crippen molar-refractivity contribution >= 4 is 11.6 Å². The maximum atomic E-state index is 13.5. The predicted octanol–water partition coefficient (Wildman–Crippen LogP) is 3.83. The minimum absolute atomic E-state index is 0.305. The fourth-order valence-corrected chi connectivity index (χ4v) is 1.73. The van der Waals surface area contributed by atoms with Crippen LogP contribution in [0.5, 0.6) is 0 Å². The zero-order valence-electron chi connectivity index (χ0n) is 10.6. The third-order valence-electron chi connectivity index (χ3n) is 2.81. The molecule has 0 aliphatic carbocycles. The van der Waals surface area contributed by atoms with Crippen LogP contribution >= 0.6 is 0 Å². The molecule has 0 aliphatic rings. The summed E-state index contributed by atoms with van der Waals surface area (Å²) < 4.78 is 26.5. The standard InChI is InChI=1S/C15H13F2NO/c1-9-3-4-10(2)14(7-9)18-15(19)12-8-11(16)5-6-13(12)17/h3-8H,1-2H3,(H,18,19). The molecule has 98 valence electrons. The van der Waals surface area contributed by atoms with Crippen LogP contribution in [0.3, 0.4) is 0 Å². The van der Waals surface area contributed by atoms with Crippen LogP contribution in [-0.4, -0.2) is 5.91 Å². The van der Waals surface area contributed by atoms with Gasteiger partial charge >= 0.3 is 0 Å². The Morgan fingerprint density at radius 3 is 2.53 bits per heavy atom. The van der Waals surface area contributed by atoms with Gasteiger partial charge in [-0.1, -0.05) is 12.1 Å². The lowest BCUT2D eigenvalue weighted by Crippen LogP contribution is -2.15. The van der Waals surface area contributed by atoms with E-state index >= 15 is 0 Å². The maximum Gasteiger partial charge on any atom is 0.258 e. The highest BCUT2D eigenvalue weighted by Crippen LogP contribution is 2.18. The van der Waals surface area contributed by atoms with Gasteiger partial charge in [-0.15, -0.1) is 0 Å². The van der Waals surface area contributed by atoms with Crippen LogP contribution in [-0.2, 0) is 0 Å². The number of hydrogen-bond acceptors (Lipinski definition) is 1. The SMILES string of the molecule is Cc1ccc(C)c(NC(=O)c2cc(F)ccc2F)c1.